The van der Waals surface area contributed by atoms with Gasteiger partial charge in [-0.2, -0.15) is 5.10 Å². The van der Waals surface area contributed by atoms with Crippen LogP contribution in [0.25, 0.3) is 0 Å². The van der Waals surface area contributed by atoms with Crippen molar-refractivity contribution < 1.29 is 9.53 Å². The van der Waals surface area contributed by atoms with Crippen molar-refractivity contribution in [3.63, 3.8) is 0 Å². The summed E-state index contributed by atoms with van der Waals surface area (Å²) in [7, 11) is 0. The second kappa shape index (κ2) is 6.67. The molecule has 1 aromatic heterocycles. The second-order valence-corrected chi connectivity index (χ2v) is 6.69. The summed E-state index contributed by atoms with van der Waals surface area (Å²) in [5, 5.41) is 4.33. The van der Waals surface area contributed by atoms with Crippen molar-refractivity contribution in [1.82, 2.24) is 14.7 Å². The first-order chi connectivity index (χ1) is 11.8. The highest BCUT2D eigenvalue weighted by Gasteiger charge is 2.35. The molecule has 1 unspecified atom stereocenters. The maximum atomic E-state index is 13.0. The Bertz CT molecular complexity index is 698. The highest BCUT2D eigenvalue weighted by atomic mass is 16.5. The lowest BCUT2D eigenvalue weighted by Gasteiger charge is -2.31. The van der Waals surface area contributed by atoms with Crippen LogP contribution in [0, 0.1) is 5.92 Å². The quantitative estimate of drug-likeness (QED) is 0.868. The lowest BCUT2D eigenvalue weighted by Crippen LogP contribution is -2.44. The maximum Gasteiger partial charge on any atom is 0.227 e. The predicted molar refractivity (Wildman–Crippen MR) is 90.7 cm³/mol. The molecule has 2 aliphatic heterocycles. The van der Waals surface area contributed by atoms with Crippen LogP contribution in [0.3, 0.4) is 0 Å². The van der Waals surface area contributed by atoms with Crippen LogP contribution in [-0.2, 0) is 17.8 Å². The summed E-state index contributed by atoms with van der Waals surface area (Å²) in [5.74, 6) is 1.20. The molecule has 2 aromatic rings. The zero-order chi connectivity index (χ0) is 16.4. The summed E-state index contributed by atoms with van der Waals surface area (Å²) in [6, 6.07) is 12.1. The lowest BCUT2D eigenvalue weighted by atomic mass is 9.96. The molecule has 0 bridgehead atoms. The third-order valence-electron chi connectivity index (χ3n) is 5.14. The van der Waals surface area contributed by atoms with Gasteiger partial charge >= 0.3 is 0 Å². The summed E-state index contributed by atoms with van der Waals surface area (Å²) >= 11 is 0. The molecule has 0 N–H and O–H groups in total. The monoisotopic (exact) mass is 325 g/mol. The Morgan fingerprint density at radius 1 is 1.21 bits per heavy atom. The standard InChI is InChI=1S/C19H23N3O2/c23-19(15-8-9-16-10-11-20-22(16)13-15)21-12-4-5-17(21)14-24-18-6-2-1-3-7-18/h1-3,6-7,10-11,15,17H,4-5,8-9,12-14H2/t15?,17-/m0/s1. The highest BCUT2D eigenvalue weighted by molar-refractivity contribution is 5.79. The SMILES string of the molecule is O=C(C1CCc2ccnn2C1)N1CCC[C@H]1COc1ccccc1. The van der Waals surface area contributed by atoms with E-state index in [2.05, 4.69) is 5.10 Å². The first kappa shape index (κ1) is 15.2. The molecule has 5 nitrogen and oxygen atoms in total. The minimum Gasteiger partial charge on any atom is -0.491 e. The van der Waals surface area contributed by atoms with Gasteiger partial charge in [-0.25, -0.2) is 0 Å². The van der Waals surface area contributed by atoms with Gasteiger partial charge in [0.1, 0.15) is 12.4 Å². The van der Waals surface area contributed by atoms with Gasteiger partial charge in [0.15, 0.2) is 0 Å². The molecule has 2 aliphatic rings. The zero-order valence-electron chi connectivity index (χ0n) is 13.8. The number of hydrogen-bond acceptors (Lipinski definition) is 3. The number of para-hydroxylation sites is 1. The Morgan fingerprint density at radius 2 is 2.08 bits per heavy atom. The van der Waals surface area contributed by atoms with Gasteiger partial charge in [0.2, 0.25) is 5.91 Å². The van der Waals surface area contributed by atoms with Crippen LogP contribution in [0.15, 0.2) is 42.6 Å². The summed E-state index contributed by atoms with van der Waals surface area (Å²) in [6.07, 6.45) is 5.78. The van der Waals surface area contributed by atoms with Crippen molar-refractivity contribution in [2.75, 3.05) is 13.2 Å². The van der Waals surface area contributed by atoms with Gasteiger partial charge in [-0.15, -0.1) is 0 Å². The van der Waals surface area contributed by atoms with Crippen LogP contribution >= 0.6 is 0 Å². The maximum absolute atomic E-state index is 13.0. The van der Waals surface area contributed by atoms with Crippen LogP contribution in [-0.4, -0.2) is 39.8 Å². The summed E-state index contributed by atoms with van der Waals surface area (Å²) < 4.78 is 7.87. The molecule has 2 atom stereocenters. The van der Waals surface area contributed by atoms with Crippen LogP contribution < -0.4 is 4.74 Å². The van der Waals surface area contributed by atoms with Crippen molar-refractivity contribution in [3.05, 3.63) is 48.3 Å². The zero-order valence-corrected chi connectivity index (χ0v) is 13.8. The molecule has 0 radical (unpaired) electrons. The molecular weight excluding hydrogens is 302 g/mol. The average molecular weight is 325 g/mol. The molecule has 1 fully saturated rings. The Hall–Kier alpha value is -2.30. The van der Waals surface area contributed by atoms with Crippen LogP contribution in [0.1, 0.15) is 25.0 Å². The van der Waals surface area contributed by atoms with Crippen molar-refractivity contribution in [3.8, 4) is 5.75 Å². The average Bonchev–Trinajstić information content (AvgIpc) is 3.28. The number of fused-ring (bicyclic) bond motifs is 1. The molecule has 0 saturated carbocycles. The highest BCUT2D eigenvalue weighted by Crippen LogP contribution is 2.26. The largest absolute Gasteiger partial charge is 0.491 e. The molecule has 3 heterocycles. The first-order valence-corrected chi connectivity index (χ1v) is 8.80. The molecule has 1 amide bonds. The molecule has 1 saturated heterocycles. The molecule has 24 heavy (non-hydrogen) atoms. The number of nitrogens with zero attached hydrogens (tertiary/aromatic N) is 3. The van der Waals surface area contributed by atoms with Gasteiger partial charge in [0, 0.05) is 18.4 Å². The van der Waals surface area contributed by atoms with E-state index >= 15 is 0 Å². The fourth-order valence-electron chi connectivity index (χ4n) is 3.80. The van der Waals surface area contributed by atoms with E-state index in [1.165, 1.54) is 5.69 Å². The van der Waals surface area contributed by atoms with E-state index < -0.39 is 0 Å². The van der Waals surface area contributed by atoms with Crippen molar-refractivity contribution in [2.24, 2.45) is 5.92 Å². The number of aromatic nitrogens is 2. The van der Waals surface area contributed by atoms with Gasteiger partial charge in [0.25, 0.3) is 0 Å². The summed E-state index contributed by atoms with van der Waals surface area (Å²) in [4.78, 5) is 15.0. The normalized spacial score (nSPS) is 23.1. The number of benzene rings is 1. The number of ether oxygens (including phenoxy) is 1. The van der Waals surface area contributed by atoms with E-state index in [1.807, 2.05) is 52.2 Å². The molecule has 1 aromatic carbocycles. The Labute approximate surface area is 142 Å². The Balaban J connectivity index is 1.38. The van der Waals surface area contributed by atoms with Crippen molar-refractivity contribution in [1.29, 1.82) is 0 Å². The Morgan fingerprint density at radius 3 is 2.96 bits per heavy atom. The van der Waals surface area contributed by atoms with E-state index in [4.69, 9.17) is 4.74 Å². The third kappa shape index (κ3) is 3.03. The van der Waals surface area contributed by atoms with Gasteiger partial charge < -0.3 is 9.64 Å². The van der Waals surface area contributed by atoms with Gasteiger partial charge in [-0.3, -0.25) is 9.48 Å². The molecular formula is C19H23N3O2. The van der Waals surface area contributed by atoms with Crippen LogP contribution in [0.2, 0.25) is 0 Å². The minimum atomic E-state index is 0.0507. The van der Waals surface area contributed by atoms with E-state index in [9.17, 15) is 4.79 Å². The third-order valence-corrected chi connectivity index (χ3v) is 5.14. The van der Waals surface area contributed by atoms with Crippen LogP contribution in [0.4, 0.5) is 0 Å². The number of amides is 1. The number of carbonyl (C=O) groups is 1. The van der Waals surface area contributed by atoms with E-state index in [-0.39, 0.29) is 17.9 Å². The smallest absolute Gasteiger partial charge is 0.227 e. The number of aryl methyl sites for hydroxylation is 1. The number of rotatable bonds is 4. The first-order valence-electron chi connectivity index (χ1n) is 8.80. The fourth-order valence-corrected chi connectivity index (χ4v) is 3.80. The predicted octanol–water partition coefficient (Wildman–Crippen LogP) is 2.52. The number of hydrogen-bond donors (Lipinski definition) is 0. The lowest BCUT2D eigenvalue weighted by molar-refractivity contribution is -0.138. The molecule has 5 heteroatoms. The molecule has 0 spiro atoms. The number of carbonyl (C=O) groups excluding carboxylic acids is 1. The van der Waals surface area contributed by atoms with Crippen molar-refractivity contribution >= 4 is 5.91 Å². The number of likely N-dealkylation sites (tertiary alicyclic amines) is 1. The minimum absolute atomic E-state index is 0.0507. The van der Waals surface area contributed by atoms with E-state index in [0.717, 1.165) is 38.0 Å². The molecule has 4 rings (SSSR count). The topological polar surface area (TPSA) is 47.4 Å². The van der Waals surface area contributed by atoms with E-state index in [1.54, 1.807) is 0 Å². The van der Waals surface area contributed by atoms with Gasteiger partial charge in [-0.05, 0) is 43.9 Å². The molecule has 126 valence electrons. The second-order valence-electron chi connectivity index (χ2n) is 6.69. The van der Waals surface area contributed by atoms with Gasteiger partial charge in [0.05, 0.1) is 18.5 Å². The van der Waals surface area contributed by atoms with E-state index in [0.29, 0.717) is 13.2 Å². The fraction of sp³-hybridized carbons (Fsp3) is 0.474. The summed E-state index contributed by atoms with van der Waals surface area (Å²) in [6.45, 7) is 2.14. The van der Waals surface area contributed by atoms with Crippen molar-refractivity contribution in [2.45, 2.75) is 38.3 Å². The Kier molecular flexibility index (Phi) is 4.24. The summed E-state index contributed by atoms with van der Waals surface area (Å²) in [5.41, 5.74) is 1.24. The van der Waals surface area contributed by atoms with Crippen LogP contribution in [0.5, 0.6) is 5.75 Å². The molecule has 0 aliphatic carbocycles. The van der Waals surface area contributed by atoms with Gasteiger partial charge in [-0.1, -0.05) is 18.2 Å².